The fraction of sp³-hybridized carbons (Fsp3) is 0.625. The molecule has 118 valence electrons. The second-order valence-electron chi connectivity index (χ2n) is 6.01. The minimum absolute atomic E-state index is 0. The lowest BCUT2D eigenvalue weighted by Gasteiger charge is -2.43. The molecule has 0 radical (unpaired) electrons. The number of nitrogens with zero attached hydrogens (tertiary/aromatic N) is 1. The zero-order chi connectivity index (χ0) is 14.1. The molecule has 5 heteroatoms. The third-order valence-electron chi connectivity index (χ3n) is 4.76. The predicted octanol–water partition coefficient (Wildman–Crippen LogP) is 3.44. The summed E-state index contributed by atoms with van der Waals surface area (Å²) in [5.74, 6) is -0.331. The molecule has 2 aliphatic rings. The topological polar surface area (TPSA) is 15.3 Å². The van der Waals surface area contributed by atoms with Crippen LogP contribution >= 0.6 is 12.4 Å². The molecule has 0 unspecified atom stereocenters. The smallest absolute Gasteiger partial charge is 0.133 e. The zero-order valence-corrected chi connectivity index (χ0v) is 13.2. The maximum atomic E-state index is 14.5. The first kappa shape index (κ1) is 16.7. The highest BCUT2D eigenvalue weighted by atomic mass is 35.5. The normalized spacial score (nSPS) is 21.5. The van der Waals surface area contributed by atoms with Gasteiger partial charge < -0.3 is 5.32 Å². The Hall–Kier alpha value is -0.710. The van der Waals surface area contributed by atoms with Gasteiger partial charge in [0.1, 0.15) is 11.6 Å². The second-order valence-corrected chi connectivity index (χ2v) is 6.01. The second kappa shape index (κ2) is 7.03. The molecule has 1 aromatic carbocycles. The molecule has 0 aromatic heterocycles. The SMILES string of the molecule is Cc1ccc(F)c([C@@H](C2CCC2)N2CCNCC2)c1F.Cl. The Labute approximate surface area is 131 Å². The van der Waals surface area contributed by atoms with Gasteiger partial charge >= 0.3 is 0 Å². The summed E-state index contributed by atoms with van der Waals surface area (Å²) in [5, 5.41) is 3.31. The highest BCUT2D eigenvalue weighted by Gasteiger charge is 2.37. The summed E-state index contributed by atoms with van der Waals surface area (Å²) in [6, 6.07) is 2.86. The number of benzene rings is 1. The summed E-state index contributed by atoms with van der Waals surface area (Å²) in [5.41, 5.74) is 0.845. The van der Waals surface area contributed by atoms with Crippen molar-refractivity contribution in [2.45, 2.75) is 32.2 Å². The molecular weight excluding hydrogens is 294 g/mol. The number of nitrogens with one attached hydrogen (secondary N) is 1. The van der Waals surface area contributed by atoms with E-state index >= 15 is 0 Å². The van der Waals surface area contributed by atoms with Crippen LogP contribution in [0.25, 0.3) is 0 Å². The van der Waals surface area contributed by atoms with Crippen molar-refractivity contribution in [3.8, 4) is 0 Å². The van der Waals surface area contributed by atoms with E-state index in [1.54, 1.807) is 6.92 Å². The molecule has 1 heterocycles. The van der Waals surface area contributed by atoms with Gasteiger partial charge in [-0.3, -0.25) is 4.90 Å². The summed E-state index contributed by atoms with van der Waals surface area (Å²) >= 11 is 0. The van der Waals surface area contributed by atoms with Crippen molar-refractivity contribution in [1.82, 2.24) is 10.2 Å². The van der Waals surface area contributed by atoms with Crippen LogP contribution in [0.15, 0.2) is 12.1 Å². The van der Waals surface area contributed by atoms with Gasteiger partial charge in [-0.2, -0.15) is 0 Å². The van der Waals surface area contributed by atoms with E-state index in [0.29, 0.717) is 17.0 Å². The fourth-order valence-corrected chi connectivity index (χ4v) is 3.38. The third kappa shape index (κ3) is 3.22. The lowest BCUT2D eigenvalue weighted by atomic mass is 9.75. The molecule has 2 fully saturated rings. The van der Waals surface area contributed by atoms with E-state index < -0.39 is 0 Å². The van der Waals surface area contributed by atoms with Crippen molar-refractivity contribution in [1.29, 1.82) is 0 Å². The van der Waals surface area contributed by atoms with Gasteiger partial charge in [0.05, 0.1) is 0 Å². The number of piperazine rings is 1. The average Bonchev–Trinajstić information content (AvgIpc) is 2.41. The molecule has 1 atom stereocenters. The maximum absolute atomic E-state index is 14.5. The minimum Gasteiger partial charge on any atom is -0.314 e. The number of halogens is 3. The third-order valence-corrected chi connectivity index (χ3v) is 4.76. The Kier molecular flexibility index (Phi) is 5.58. The largest absolute Gasteiger partial charge is 0.314 e. The van der Waals surface area contributed by atoms with Crippen LogP contribution in [0.5, 0.6) is 0 Å². The van der Waals surface area contributed by atoms with E-state index in [1.165, 1.54) is 18.6 Å². The van der Waals surface area contributed by atoms with Gasteiger partial charge in [-0.1, -0.05) is 12.5 Å². The molecule has 1 aromatic rings. The van der Waals surface area contributed by atoms with Crippen LogP contribution in [-0.2, 0) is 0 Å². The summed E-state index contributed by atoms with van der Waals surface area (Å²) in [6.07, 6.45) is 3.35. The Bertz CT molecular complexity index is 485. The summed E-state index contributed by atoms with van der Waals surface area (Å²) in [6.45, 7) is 5.26. The molecule has 21 heavy (non-hydrogen) atoms. The van der Waals surface area contributed by atoms with E-state index in [0.717, 1.165) is 39.0 Å². The van der Waals surface area contributed by atoms with Crippen LogP contribution in [0.1, 0.15) is 36.4 Å². The van der Waals surface area contributed by atoms with Crippen molar-refractivity contribution in [2.75, 3.05) is 26.2 Å². The van der Waals surface area contributed by atoms with E-state index in [-0.39, 0.29) is 30.1 Å². The molecule has 0 amide bonds. The van der Waals surface area contributed by atoms with Crippen molar-refractivity contribution >= 4 is 12.4 Å². The minimum atomic E-state index is -0.386. The van der Waals surface area contributed by atoms with Gasteiger partial charge in [-0.15, -0.1) is 12.4 Å². The highest BCUT2D eigenvalue weighted by molar-refractivity contribution is 5.85. The van der Waals surface area contributed by atoms with Crippen molar-refractivity contribution in [2.24, 2.45) is 5.92 Å². The monoisotopic (exact) mass is 316 g/mol. The highest BCUT2D eigenvalue weighted by Crippen LogP contribution is 2.43. The molecule has 1 aliphatic heterocycles. The molecule has 2 nitrogen and oxygen atoms in total. The first-order valence-corrected chi connectivity index (χ1v) is 7.57. The predicted molar refractivity (Wildman–Crippen MR) is 82.9 cm³/mol. The van der Waals surface area contributed by atoms with E-state index in [4.69, 9.17) is 0 Å². The summed E-state index contributed by atoms with van der Waals surface area (Å²) in [7, 11) is 0. The van der Waals surface area contributed by atoms with Gasteiger partial charge in [0.2, 0.25) is 0 Å². The molecule has 0 bridgehead atoms. The zero-order valence-electron chi connectivity index (χ0n) is 12.4. The van der Waals surface area contributed by atoms with Gasteiger partial charge in [0.25, 0.3) is 0 Å². The van der Waals surface area contributed by atoms with Crippen molar-refractivity contribution < 1.29 is 8.78 Å². The van der Waals surface area contributed by atoms with Crippen LogP contribution < -0.4 is 5.32 Å². The van der Waals surface area contributed by atoms with Crippen LogP contribution in [0.3, 0.4) is 0 Å². The van der Waals surface area contributed by atoms with Crippen LogP contribution in [-0.4, -0.2) is 31.1 Å². The molecule has 1 saturated heterocycles. The van der Waals surface area contributed by atoms with Crippen LogP contribution in [0.4, 0.5) is 8.78 Å². The van der Waals surface area contributed by atoms with E-state index in [1.807, 2.05) is 0 Å². The van der Waals surface area contributed by atoms with Crippen molar-refractivity contribution in [3.05, 3.63) is 34.9 Å². The van der Waals surface area contributed by atoms with Crippen LogP contribution in [0, 0.1) is 24.5 Å². The summed E-state index contributed by atoms with van der Waals surface area (Å²) in [4.78, 5) is 2.27. The summed E-state index contributed by atoms with van der Waals surface area (Å²) < 4.78 is 28.8. The molecular formula is C16H23ClF2N2. The molecule has 1 N–H and O–H groups in total. The number of rotatable bonds is 3. The lowest BCUT2D eigenvalue weighted by Crippen LogP contribution is -2.48. The van der Waals surface area contributed by atoms with E-state index in [2.05, 4.69) is 10.2 Å². The molecule has 0 spiro atoms. The fourth-order valence-electron chi connectivity index (χ4n) is 3.38. The Morgan fingerprint density at radius 3 is 2.43 bits per heavy atom. The molecule has 1 saturated carbocycles. The Morgan fingerprint density at radius 2 is 1.86 bits per heavy atom. The Morgan fingerprint density at radius 1 is 1.19 bits per heavy atom. The Balaban J connectivity index is 0.00000161. The van der Waals surface area contributed by atoms with E-state index in [9.17, 15) is 8.78 Å². The van der Waals surface area contributed by atoms with Crippen molar-refractivity contribution in [3.63, 3.8) is 0 Å². The van der Waals surface area contributed by atoms with Gasteiger partial charge in [0.15, 0.2) is 0 Å². The van der Waals surface area contributed by atoms with Gasteiger partial charge in [0, 0.05) is 37.8 Å². The van der Waals surface area contributed by atoms with Gasteiger partial charge in [-0.05, 0) is 37.3 Å². The number of hydrogen-bond acceptors (Lipinski definition) is 2. The van der Waals surface area contributed by atoms with Gasteiger partial charge in [-0.25, -0.2) is 8.78 Å². The first-order valence-electron chi connectivity index (χ1n) is 7.57. The maximum Gasteiger partial charge on any atom is 0.133 e. The standard InChI is InChI=1S/C16H22F2N2.ClH/c1-11-5-6-13(17)14(15(11)18)16(12-3-2-4-12)20-9-7-19-8-10-20;/h5-6,12,16,19H,2-4,7-10H2,1H3;1H/t16-;/m1./s1. The first-order chi connectivity index (χ1) is 9.68. The lowest BCUT2D eigenvalue weighted by molar-refractivity contribution is 0.0784. The van der Waals surface area contributed by atoms with Crippen LogP contribution in [0.2, 0.25) is 0 Å². The number of hydrogen-bond donors (Lipinski definition) is 1. The molecule has 1 aliphatic carbocycles. The number of aryl methyl sites for hydroxylation is 1. The average molecular weight is 317 g/mol. The quantitative estimate of drug-likeness (QED) is 0.919. The molecule has 3 rings (SSSR count).